The molecule has 0 radical (unpaired) electrons. The van der Waals surface area contributed by atoms with E-state index >= 15 is 0 Å². The zero-order chi connectivity index (χ0) is 24.6. The maximum atomic E-state index is 4.10. The molecule has 0 aliphatic heterocycles. The summed E-state index contributed by atoms with van der Waals surface area (Å²) in [5, 5.41) is 1.75. The lowest BCUT2D eigenvalue weighted by Gasteiger charge is -2.48. The molecule has 0 saturated heterocycles. The zero-order valence-corrected chi connectivity index (χ0v) is 23.5. The fourth-order valence-corrected chi connectivity index (χ4v) is 15.9. The molecule has 0 spiro atoms. The lowest BCUT2D eigenvalue weighted by atomic mass is 9.76. The largest absolute Gasteiger partial charge is 0.103 e. The number of allylic oxidation sites excluding steroid dienone is 9. The van der Waals surface area contributed by atoms with Crippen LogP contribution in [0.25, 0.3) is 0 Å². The molecule has 6 atom stereocenters. The quantitative estimate of drug-likeness (QED) is 0.206. The molecular weight excluding hydrogens is 436 g/mol. The van der Waals surface area contributed by atoms with Crippen molar-refractivity contribution >= 4 is 13.3 Å². The summed E-state index contributed by atoms with van der Waals surface area (Å²) in [6.07, 6.45) is 26.0. The predicted octanol–water partition coefficient (Wildman–Crippen LogP) is 9.16. The predicted molar refractivity (Wildman–Crippen MR) is 156 cm³/mol. The second-order valence-corrected chi connectivity index (χ2v) is 17.5. The maximum Gasteiger partial charge on any atom is 0.0940 e. The van der Waals surface area contributed by atoms with E-state index in [1.54, 1.807) is 10.8 Å². The van der Waals surface area contributed by atoms with E-state index in [1.807, 2.05) is 0 Å². The first-order valence-electron chi connectivity index (χ1n) is 14.3. The minimum absolute atomic E-state index is 0.203. The van der Waals surface area contributed by atoms with Gasteiger partial charge in [0.15, 0.2) is 0 Å². The van der Waals surface area contributed by atoms with Gasteiger partial charge in [-0.15, -0.1) is 6.58 Å². The van der Waals surface area contributed by atoms with Crippen molar-refractivity contribution in [2.24, 2.45) is 29.1 Å². The number of rotatable bonds is 7. The average molecular weight is 483 g/mol. The summed E-state index contributed by atoms with van der Waals surface area (Å²) in [5.74, 6) is 2.63. The van der Waals surface area contributed by atoms with Crippen LogP contribution in [0.1, 0.15) is 66.2 Å². The fraction of sp³-hybridized carbons (Fsp3) is 0.529. The van der Waals surface area contributed by atoms with Crippen LogP contribution >= 0.6 is 0 Å². The molecule has 5 rings (SSSR count). The molecule has 1 aromatic carbocycles. The normalized spacial score (nSPS) is 31.9. The van der Waals surface area contributed by atoms with Crippen molar-refractivity contribution in [1.29, 1.82) is 0 Å². The van der Waals surface area contributed by atoms with Gasteiger partial charge in [-0.05, 0) is 59.1 Å². The number of unbranched alkanes of at least 4 members (excludes halogenated alkanes) is 1. The highest BCUT2D eigenvalue weighted by Crippen LogP contribution is 2.63. The minimum Gasteiger partial charge on any atom is -0.103 e. The summed E-state index contributed by atoms with van der Waals surface area (Å²) >= 11 is 0. The molecular formula is C34H46Si. The van der Waals surface area contributed by atoms with Crippen molar-refractivity contribution < 1.29 is 0 Å². The Kier molecular flexibility index (Phi) is 7.01. The van der Waals surface area contributed by atoms with E-state index in [0.29, 0.717) is 23.7 Å². The lowest BCUT2D eigenvalue weighted by Crippen LogP contribution is -2.57. The van der Waals surface area contributed by atoms with E-state index < -0.39 is 8.07 Å². The van der Waals surface area contributed by atoms with Crippen molar-refractivity contribution in [2.45, 2.75) is 83.3 Å². The molecule has 0 N–H and O–H groups in total. The molecule has 0 nitrogen and oxygen atoms in total. The van der Waals surface area contributed by atoms with Gasteiger partial charge in [-0.2, -0.15) is 0 Å². The van der Waals surface area contributed by atoms with E-state index in [2.05, 4.69) is 107 Å². The first-order chi connectivity index (χ1) is 16.9. The van der Waals surface area contributed by atoms with Gasteiger partial charge in [-0.1, -0.05) is 143 Å². The molecule has 4 aliphatic rings. The van der Waals surface area contributed by atoms with Gasteiger partial charge in [0.2, 0.25) is 0 Å². The van der Waals surface area contributed by atoms with Crippen LogP contribution in [0.5, 0.6) is 0 Å². The number of hydrogen-bond acceptors (Lipinski definition) is 0. The summed E-state index contributed by atoms with van der Waals surface area (Å²) < 4.78 is 0. The van der Waals surface area contributed by atoms with Crippen LogP contribution in [0.4, 0.5) is 0 Å². The van der Waals surface area contributed by atoms with Crippen LogP contribution in [0, 0.1) is 29.1 Å². The highest BCUT2D eigenvalue weighted by atomic mass is 28.3. The SMILES string of the molecule is C=CCCC[Si](c1ccccc1)(C1CCCC1)C1C2C=C(C)C=CC2C2C=CC(C(C)(C)C)=CC21. The topological polar surface area (TPSA) is 0 Å². The Morgan fingerprint density at radius 2 is 1.57 bits per heavy atom. The van der Waals surface area contributed by atoms with E-state index in [1.165, 1.54) is 43.7 Å². The highest BCUT2D eigenvalue weighted by Gasteiger charge is 2.60. The van der Waals surface area contributed by atoms with E-state index in [-0.39, 0.29) is 5.41 Å². The monoisotopic (exact) mass is 482 g/mol. The minimum atomic E-state index is -1.88. The Balaban J connectivity index is 1.72. The van der Waals surface area contributed by atoms with Gasteiger partial charge in [-0.3, -0.25) is 0 Å². The molecule has 1 heteroatoms. The molecule has 0 heterocycles. The first-order valence-corrected chi connectivity index (χ1v) is 16.7. The summed E-state index contributed by atoms with van der Waals surface area (Å²) in [6, 6.07) is 13.4. The second kappa shape index (κ2) is 9.89. The third-order valence-corrected chi connectivity index (χ3v) is 16.5. The summed E-state index contributed by atoms with van der Waals surface area (Å²) in [6.45, 7) is 13.6. The number of fused-ring (bicyclic) bond motifs is 3. The zero-order valence-electron chi connectivity index (χ0n) is 22.5. The Morgan fingerprint density at radius 3 is 2.23 bits per heavy atom. The van der Waals surface area contributed by atoms with Crippen molar-refractivity contribution in [1.82, 2.24) is 0 Å². The molecule has 35 heavy (non-hydrogen) atoms. The number of benzene rings is 1. The molecule has 1 aromatic rings. The van der Waals surface area contributed by atoms with E-state index in [0.717, 1.165) is 17.5 Å². The summed E-state index contributed by atoms with van der Waals surface area (Å²) in [4.78, 5) is 0. The van der Waals surface area contributed by atoms with Crippen molar-refractivity contribution in [3.8, 4) is 0 Å². The standard InChI is InChI=1S/C34H46Si/c1-6-7-13-22-35(28-16-11-12-17-28,27-14-9-8-10-15-27)33-31-23-25(2)18-20-29(31)30-21-19-26(24-32(30)33)34(3,4)5/h6,8-10,14-15,18-21,23-24,28-33H,1,7,11-13,16-17,22H2,2-5H3. The summed E-state index contributed by atoms with van der Waals surface area (Å²) in [7, 11) is -1.88. The third kappa shape index (κ3) is 4.43. The highest BCUT2D eigenvalue weighted by molar-refractivity contribution is 6.94. The summed E-state index contributed by atoms with van der Waals surface area (Å²) in [5.41, 5.74) is 4.92. The Labute approximate surface area is 216 Å². The molecule has 4 aliphatic carbocycles. The average Bonchev–Trinajstić information content (AvgIpc) is 3.49. The van der Waals surface area contributed by atoms with Crippen LogP contribution in [0.15, 0.2) is 90.6 Å². The molecule has 6 unspecified atom stereocenters. The van der Waals surface area contributed by atoms with Gasteiger partial charge in [0.1, 0.15) is 0 Å². The van der Waals surface area contributed by atoms with Gasteiger partial charge in [0.25, 0.3) is 0 Å². The van der Waals surface area contributed by atoms with Crippen LogP contribution < -0.4 is 5.19 Å². The molecule has 0 aromatic heterocycles. The number of hydrogen-bond donors (Lipinski definition) is 0. The first kappa shape index (κ1) is 24.8. The van der Waals surface area contributed by atoms with Crippen molar-refractivity contribution in [2.75, 3.05) is 0 Å². The van der Waals surface area contributed by atoms with Crippen LogP contribution in [-0.4, -0.2) is 8.07 Å². The molecule has 2 saturated carbocycles. The van der Waals surface area contributed by atoms with Gasteiger partial charge < -0.3 is 0 Å². The smallest absolute Gasteiger partial charge is 0.0940 e. The van der Waals surface area contributed by atoms with Gasteiger partial charge in [-0.25, -0.2) is 0 Å². The lowest BCUT2D eigenvalue weighted by molar-refractivity contribution is 0.441. The fourth-order valence-electron chi connectivity index (χ4n) is 8.42. The van der Waals surface area contributed by atoms with Crippen LogP contribution in [-0.2, 0) is 0 Å². The van der Waals surface area contributed by atoms with Gasteiger partial charge >= 0.3 is 0 Å². The van der Waals surface area contributed by atoms with Crippen molar-refractivity contribution in [3.05, 3.63) is 90.6 Å². The van der Waals surface area contributed by atoms with Crippen LogP contribution in [0.3, 0.4) is 0 Å². The van der Waals surface area contributed by atoms with Gasteiger partial charge in [0.05, 0.1) is 8.07 Å². The molecule has 2 fully saturated rings. The Morgan fingerprint density at radius 1 is 0.914 bits per heavy atom. The second-order valence-electron chi connectivity index (χ2n) is 12.9. The van der Waals surface area contributed by atoms with E-state index in [9.17, 15) is 0 Å². The molecule has 0 amide bonds. The van der Waals surface area contributed by atoms with E-state index in [4.69, 9.17) is 0 Å². The van der Waals surface area contributed by atoms with Crippen LogP contribution in [0.2, 0.25) is 17.1 Å². The third-order valence-electron chi connectivity index (χ3n) is 9.92. The van der Waals surface area contributed by atoms with Crippen molar-refractivity contribution in [3.63, 3.8) is 0 Å². The Bertz CT molecular complexity index is 1030. The van der Waals surface area contributed by atoms with Gasteiger partial charge in [0, 0.05) is 0 Å². The maximum absolute atomic E-state index is 4.10. The molecule has 0 bridgehead atoms. The Hall–Kier alpha value is -1.86. The molecule has 186 valence electrons.